The second-order valence-corrected chi connectivity index (χ2v) is 5.33. The molecule has 1 aliphatic rings. The Kier molecular flexibility index (Phi) is 5.05. The van der Waals surface area contributed by atoms with Crippen LogP contribution in [-0.2, 0) is 0 Å². The van der Waals surface area contributed by atoms with Crippen molar-refractivity contribution in [3.63, 3.8) is 0 Å². The van der Waals surface area contributed by atoms with Crippen LogP contribution in [0.5, 0.6) is 0 Å². The molecule has 0 bridgehead atoms. The van der Waals surface area contributed by atoms with Crippen LogP contribution in [0.3, 0.4) is 0 Å². The Balaban J connectivity index is 2.38. The molecule has 1 aliphatic heterocycles. The number of rotatable bonds is 4. The highest BCUT2D eigenvalue weighted by Gasteiger charge is 2.32. The van der Waals surface area contributed by atoms with Gasteiger partial charge in [-0.05, 0) is 63.1 Å². The fourth-order valence-electron chi connectivity index (χ4n) is 3.21. The van der Waals surface area contributed by atoms with E-state index in [1.807, 2.05) is 14.0 Å². The molecule has 1 aromatic rings. The molecular formula is C15H21F3N2. The first-order valence-corrected chi connectivity index (χ1v) is 7.11. The minimum atomic E-state index is -1.39. The van der Waals surface area contributed by atoms with Gasteiger partial charge >= 0.3 is 0 Å². The fraction of sp³-hybridized carbons (Fsp3) is 0.600. The Hall–Kier alpha value is -1.07. The van der Waals surface area contributed by atoms with E-state index in [1.54, 1.807) is 0 Å². The molecule has 1 N–H and O–H groups in total. The SMILES string of the molecule is CCN1CCCC(CNC)C1c1cc(F)c(F)c(F)c1. The zero-order valence-corrected chi connectivity index (χ0v) is 11.9. The summed E-state index contributed by atoms with van der Waals surface area (Å²) in [4.78, 5) is 2.21. The van der Waals surface area contributed by atoms with Crippen LogP contribution in [0.4, 0.5) is 13.2 Å². The summed E-state index contributed by atoms with van der Waals surface area (Å²) < 4.78 is 40.1. The van der Waals surface area contributed by atoms with Crippen molar-refractivity contribution in [1.82, 2.24) is 10.2 Å². The van der Waals surface area contributed by atoms with E-state index in [1.165, 1.54) is 0 Å². The Labute approximate surface area is 118 Å². The van der Waals surface area contributed by atoms with Gasteiger partial charge < -0.3 is 5.32 Å². The van der Waals surface area contributed by atoms with Crippen LogP contribution in [0.2, 0.25) is 0 Å². The third-order valence-corrected chi connectivity index (χ3v) is 4.08. The Morgan fingerprint density at radius 1 is 1.25 bits per heavy atom. The molecule has 0 aliphatic carbocycles. The highest BCUT2D eigenvalue weighted by Crippen LogP contribution is 2.36. The van der Waals surface area contributed by atoms with Gasteiger partial charge in [-0.15, -0.1) is 0 Å². The molecule has 20 heavy (non-hydrogen) atoms. The standard InChI is InChI=1S/C15H21F3N2/c1-3-20-6-4-5-10(9-19-2)15(20)11-7-12(16)14(18)13(17)8-11/h7-8,10,15,19H,3-6,9H2,1-2H3. The molecule has 0 radical (unpaired) electrons. The molecule has 2 atom stereocenters. The average Bonchev–Trinajstić information content (AvgIpc) is 2.44. The summed E-state index contributed by atoms with van der Waals surface area (Å²) in [5.74, 6) is -3.33. The minimum Gasteiger partial charge on any atom is -0.319 e. The molecule has 112 valence electrons. The smallest absolute Gasteiger partial charge is 0.194 e. The maximum absolute atomic E-state index is 13.5. The van der Waals surface area contributed by atoms with Gasteiger partial charge in [0.15, 0.2) is 17.5 Å². The van der Waals surface area contributed by atoms with Crippen molar-refractivity contribution >= 4 is 0 Å². The molecule has 2 rings (SSSR count). The van der Waals surface area contributed by atoms with Crippen molar-refractivity contribution < 1.29 is 13.2 Å². The maximum atomic E-state index is 13.5. The molecule has 2 unspecified atom stereocenters. The summed E-state index contributed by atoms with van der Waals surface area (Å²) in [7, 11) is 1.87. The molecule has 0 aromatic heterocycles. The van der Waals surface area contributed by atoms with Crippen molar-refractivity contribution in [2.75, 3.05) is 26.7 Å². The number of hydrogen-bond donors (Lipinski definition) is 1. The minimum absolute atomic E-state index is 0.0641. The molecule has 0 amide bonds. The highest BCUT2D eigenvalue weighted by molar-refractivity contribution is 5.24. The third kappa shape index (κ3) is 2.99. The van der Waals surface area contributed by atoms with Gasteiger partial charge in [-0.1, -0.05) is 6.92 Å². The van der Waals surface area contributed by atoms with E-state index < -0.39 is 17.5 Å². The Morgan fingerprint density at radius 2 is 1.90 bits per heavy atom. The van der Waals surface area contributed by atoms with E-state index in [0.717, 1.165) is 44.6 Å². The normalized spacial score (nSPS) is 24.1. The molecular weight excluding hydrogens is 265 g/mol. The van der Waals surface area contributed by atoms with Gasteiger partial charge in [-0.25, -0.2) is 13.2 Å². The van der Waals surface area contributed by atoms with Crippen LogP contribution >= 0.6 is 0 Å². The largest absolute Gasteiger partial charge is 0.319 e. The van der Waals surface area contributed by atoms with Crippen molar-refractivity contribution in [3.05, 3.63) is 35.1 Å². The quantitative estimate of drug-likeness (QED) is 0.856. The highest BCUT2D eigenvalue weighted by atomic mass is 19.2. The van der Waals surface area contributed by atoms with Gasteiger partial charge in [-0.2, -0.15) is 0 Å². The van der Waals surface area contributed by atoms with E-state index >= 15 is 0 Å². The monoisotopic (exact) mass is 286 g/mol. The second kappa shape index (κ2) is 6.59. The third-order valence-electron chi connectivity index (χ3n) is 4.08. The number of nitrogens with one attached hydrogen (secondary N) is 1. The summed E-state index contributed by atoms with van der Waals surface area (Å²) in [6.45, 7) is 4.53. The van der Waals surface area contributed by atoms with E-state index in [-0.39, 0.29) is 12.0 Å². The molecule has 1 fully saturated rings. The van der Waals surface area contributed by atoms with E-state index in [0.29, 0.717) is 5.56 Å². The topological polar surface area (TPSA) is 15.3 Å². The summed E-state index contributed by atoms with van der Waals surface area (Å²) in [5.41, 5.74) is 0.531. The number of benzene rings is 1. The lowest BCUT2D eigenvalue weighted by molar-refractivity contribution is 0.0975. The van der Waals surface area contributed by atoms with Crippen LogP contribution in [0, 0.1) is 23.4 Å². The second-order valence-electron chi connectivity index (χ2n) is 5.33. The summed E-state index contributed by atoms with van der Waals surface area (Å²) >= 11 is 0. The zero-order valence-electron chi connectivity index (χ0n) is 11.9. The molecule has 0 spiro atoms. The lowest BCUT2D eigenvalue weighted by atomic mass is 9.84. The lowest BCUT2D eigenvalue weighted by Gasteiger charge is -2.41. The van der Waals surface area contributed by atoms with Crippen LogP contribution in [0.15, 0.2) is 12.1 Å². The van der Waals surface area contributed by atoms with Crippen molar-refractivity contribution in [1.29, 1.82) is 0 Å². The molecule has 1 heterocycles. The van der Waals surface area contributed by atoms with Gasteiger partial charge in [-0.3, -0.25) is 4.90 Å². The summed E-state index contributed by atoms with van der Waals surface area (Å²) in [5, 5.41) is 3.13. The number of nitrogens with zero attached hydrogens (tertiary/aromatic N) is 1. The molecule has 0 saturated carbocycles. The first-order chi connectivity index (χ1) is 9.58. The van der Waals surface area contributed by atoms with Gasteiger partial charge in [0.05, 0.1) is 0 Å². The first-order valence-electron chi connectivity index (χ1n) is 7.11. The molecule has 1 saturated heterocycles. The van der Waals surface area contributed by atoms with Crippen LogP contribution < -0.4 is 5.32 Å². The predicted molar refractivity (Wildman–Crippen MR) is 73.0 cm³/mol. The fourth-order valence-corrected chi connectivity index (χ4v) is 3.21. The van der Waals surface area contributed by atoms with Gasteiger partial charge in [0.25, 0.3) is 0 Å². The van der Waals surface area contributed by atoms with Crippen LogP contribution in [0.1, 0.15) is 31.4 Å². The Morgan fingerprint density at radius 3 is 2.45 bits per heavy atom. The van der Waals surface area contributed by atoms with Crippen molar-refractivity contribution in [2.24, 2.45) is 5.92 Å². The molecule has 1 aromatic carbocycles. The van der Waals surface area contributed by atoms with Crippen molar-refractivity contribution in [3.8, 4) is 0 Å². The van der Waals surface area contributed by atoms with Gasteiger partial charge in [0.1, 0.15) is 0 Å². The summed E-state index contributed by atoms with van der Waals surface area (Å²) in [6.07, 6.45) is 2.07. The van der Waals surface area contributed by atoms with Crippen LogP contribution in [-0.4, -0.2) is 31.6 Å². The van der Waals surface area contributed by atoms with E-state index in [4.69, 9.17) is 0 Å². The lowest BCUT2D eigenvalue weighted by Crippen LogP contribution is -2.42. The van der Waals surface area contributed by atoms with Gasteiger partial charge in [0, 0.05) is 6.04 Å². The van der Waals surface area contributed by atoms with E-state index in [9.17, 15) is 13.2 Å². The maximum Gasteiger partial charge on any atom is 0.194 e. The number of hydrogen-bond acceptors (Lipinski definition) is 2. The molecule has 5 heteroatoms. The van der Waals surface area contributed by atoms with Crippen LogP contribution in [0.25, 0.3) is 0 Å². The van der Waals surface area contributed by atoms with E-state index in [2.05, 4.69) is 10.2 Å². The number of piperidine rings is 1. The van der Waals surface area contributed by atoms with Crippen molar-refractivity contribution in [2.45, 2.75) is 25.8 Å². The zero-order chi connectivity index (χ0) is 14.7. The Bertz CT molecular complexity index is 439. The predicted octanol–water partition coefficient (Wildman–Crippen LogP) is 3.10. The molecule has 2 nitrogen and oxygen atoms in total. The first kappa shape index (κ1) is 15.3. The summed E-state index contributed by atoms with van der Waals surface area (Å²) in [6, 6.07) is 2.21. The number of halogens is 3. The van der Waals surface area contributed by atoms with Gasteiger partial charge in [0.2, 0.25) is 0 Å². The average molecular weight is 286 g/mol. The number of likely N-dealkylation sites (tertiary alicyclic amines) is 1.